The Balaban J connectivity index is 1.77. The van der Waals surface area contributed by atoms with Gasteiger partial charge < -0.3 is 44.5 Å². The molecule has 0 saturated carbocycles. The van der Waals surface area contributed by atoms with Crippen molar-refractivity contribution >= 4 is 17.8 Å². The molecule has 2 heterocycles. The van der Waals surface area contributed by atoms with Crippen molar-refractivity contribution in [3.8, 4) is 11.3 Å². The first-order chi connectivity index (χ1) is 15.5. The normalized spacial score (nSPS) is 33.8. The summed E-state index contributed by atoms with van der Waals surface area (Å²) in [5.41, 5.74) is -2.39. The molecule has 1 saturated heterocycles. The lowest BCUT2D eigenvalue weighted by Crippen LogP contribution is -2.62. The summed E-state index contributed by atoms with van der Waals surface area (Å²) in [6, 6.07) is 9.81. The Morgan fingerprint density at radius 3 is 2.39 bits per heavy atom. The summed E-state index contributed by atoms with van der Waals surface area (Å²) in [5, 5.41) is 60.5. The highest BCUT2D eigenvalue weighted by Crippen LogP contribution is 2.30. The van der Waals surface area contributed by atoms with E-state index in [1.807, 2.05) is 0 Å². The van der Waals surface area contributed by atoms with Crippen LogP contribution in [0.25, 0.3) is 23.2 Å². The Hall–Kier alpha value is -3.06. The number of carboxylic acids is 1. The molecular weight excluding hydrogens is 440 g/mol. The number of benzene rings is 1. The van der Waals surface area contributed by atoms with E-state index in [0.29, 0.717) is 5.56 Å². The highest BCUT2D eigenvalue weighted by Gasteiger charge is 2.50. The minimum Gasteiger partial charge on any atom is -0.508 e. The van der Waals surface area contributed by atoms with Gasteiger partial charge >= 0.3 is 5.97 Å². The lowest BCUT2D eigenvalue weighted by Gasteiger charge is -2.41. The summed E-state index contributed by atoms with van der Waals surface area (Å²) in [6.07, 6.45) is -9.80. The lowest BCUT2D eigenvalue weighted by atomic mass is 9.90. The first kappa shape index (κ1) is 23.1. The van der Waals surface area contributed by atoms with E-state index in [-0.39, 0.29) is 16.4 Å². The average Bonchev–Trinajstić information content (AvgIpc) is 2.77. The Bertz CT molecular complexity index is 1230. The molecule has 1 fully saturated rings. The van der Waals surface area contributed by atoms with Crippen molar-refractivity contribution in [2.75, 3.05) is 0 Å². The zero-order chi connectivity index (χ0) is 24.1. The minimum absolute atomic E-state index is 0.129. The number of carboxylic acid groups (broad SMARTS) is 1. The van der Waals surface area contributed by atoms with Gasteiger partial charge in [-0.1, -0.05) is 30.3 Å². The van der Waals surface area contributed by atoms with Gasteiger partial charge in [-0.2, -0.15) is 0 Å². The summed E-state index contributed by atoms with van der Waals surface area (Å²) in [5.74, 6) is -2.19. The summed E-state index contributed by atoms with van der Waals surface area (Å²) in [6.45, 7) is 1.13. The maximum Gasteiger partial charge on any atom is 0.335 e. The van der Waals surface area contributed by atoms with Crippen molar-refractivity contribution in [3.63, 3.8) is 0 Å². The molecule has 7 atom stereocenters. The topological polar surface area (TPSA) is 187 Å². The van der Waals surface area contributed by atoms with E-state index in [1.54, 1.807) is 30.3 Å². The van der Waals surface area contributed by atoms with Gasteiger partial charge in [-0.15, -0.1) is 0 Å². The predicted octanol–water partition coefficient (Wildman–Crippen LogP) is -2.20. The number of hydrogen-bond donors (Lipinski definition) is 6. The molecule has 4 rings (SSSR count). The lowest BCUT2D eigenvalue weighted by molar-refractivity contribution is -0.307. The number of hydrogen-bond acceptors (Lipinski definition) is 10. The fourth-order valence-electron chi connectivity index (χ4n) is 3.78. The van der Waals surface area contributed by atoms with Crippen LogP contribution in [-0.4, -0.2) is 79.0 Å². The van der Waals surface area contributed by atoms with E-state index in [4.69, 9.17) is 13.9 Å². The van der Waals surface area contributed by atoms with E-state index in [1.165, 1.54) is 12.1 Å². The molecule has 2 aliphatic rings. The summed E-state index contributed by atoms with van der Waals surface area (Å²) < 4.78 is 16.4. The highest BCUT2D eigenvalue weighted by molar-refractivity contribution is 5.73. The SMILES string of the molecule is CC1(O)C(O)=c2c(=O)cc(-c3ccccc3)oc2=CC1OC1OC(C(=O)O)C(O)C(O)C1O. The van der Waals surface area contributed by atoms with E-state index >= 15 is 0 Å². The molecule has 1 aliphatic carbocycles. The molecule has 0 spiro atoms. The van der Waals surface area contributed by atoms with E-state index < -0.39 is 59.6 Å². The Kier molecular flexibility index (Phi) is 5.86. The number of ether oxygens (including phenoxy) is 2. The van der Waals surface area contributed by atoms with Gasteiger partial charge in [0, 0.05) is 11.6 Å². The van der Waals surface area contributed by atoms with Gasteiger partial charge in [-0.3, -0.25) is 4.79 Å². The Morgan fingerprint density at radius 1 is 1.09 bits per heavy atom. The van der Waals surface area contributed by atoms with Gasteiger partial charge in [0.05, 0.1) is 0 Å². The van der Waals surface area contributed by atoms with Crippen LogP contribution in [0, 0.1) is 0 Å². The quantitative estimate of drug-likeness (QED) is 0.289. The van der Waals surface area contributed by atoms with Crippen LogP contribution in [0.3, 0.4) is 0 Å². The predicted molar refractivity (Wildman–Crippen MR) is 110 cm³/mol. The number of aliphatic hydroxyl groups is 5. The molecule has 176 valence electrons. The van der Waals surface area contributed by atoms with Gasteiger partial charge in [0.25, 0.3) is 0 Å². The zero-order valence-electron chi connectivity index (χ0n) is 17.2. The molecule has 7 unspecified atom stereocenters. The second kappa shape index (κ2) is 8.37. The third kappa shape index (κ3) is 3.95. The molecule has 11 heteroatoms. The molecule has 0 amide bonds. The van der Waals surface area contributed by atoms with Crippen molar-refractivity contribution in [2.45, 2.75) is 49.3 Å². The van der Waals surface area contributed by atoms with E-state index in [2.05, 4.69) is 0 Å². The van der Waals surface area contributed by atoms with Gasteiger partial charge in [0.2, 0.25) is 0 Å². The highest BCUT2D eigenvalue weighted by atomic mass is 16.7. The monoisotopic (exact) mass is 462 g/mol. The maximum absolute atomic E-state index is 12.7. The fraction of sp³-hybridized carbons (Fsp3) is 0.364. The van der Waals surface area contributed by atoms with Crippen LogP contribution in [0.1, 0.15) is 6.92 Å². The van der Waals surface area contributed by atoms with Crippen LogP contribution in [0.2, 0.25) is 0 Å². The number of rotatable bonds is 4. The third-order valence-electron chi connectivity index (χ3n) is 5.70. The number of fused-ring (bicyclic) bond motifs is 1. The largest absolute Gasteiger partial charge is 0.508 e. The molecule has 1 aromatic heterocycles. The number of aliphatic hydroxyl groups excluding tert-OH is 4. The molecular formula is C22H22O11. The van der Waals surface area contributed by atoms with Crippen LogP contribution in [0.5, 0.6) is 0 Å². The van der Waals surface area contributed by atoms with Crippen molar-refractivity contribution in [3.05, 3.63) is 57.3 Å². The van der Waals surface area contributed by atoms with Crippen LogP contribution in [-0.2, 0) is 14.3 Å². The van der Waals surface area contributed by atoms with Gasteiger partial charge in [-0.25, -0.2) is 4.79 Å². The van der Waals surface area contributed by atoms with Crippen LogP contribution in [0.4, 0.5) is 0 Å². The zero-order valence-corrected chi connectivity index (χ0v) is 17.2. The van der Waals surface area contributed by atoms with Crippen LogP contribution in [0.15, 0.2) is 45.6 Å². The Labute approximate surface area is 185 Å². The summed E-state index contributed by atoms with van der Waals surface area (Å²) >= 11 is 0. The molecule has 0 bridgehead atoms. The van der Waals surface area contributed by atoms with Crippen molar-refractivity contribution in [2.24, 2.45) is 0 Å². The molecule has 1 aromatic carbocycles. The second-order valence-electron chi connectivity index (χ2n) is 8.03. The fourth-order valence-corrected chi connectivity index (χ4v) is 3.78. The third-order valence-corrected chi connectivity index (χ3v) is 5.70. The molecule has 0 radical (unpaired) electrons. The van der Waals surface area contributed by atoms with Crippen molar-refractivity contribution < 1.29 is 49.3 Å². The molecule has 33 heavy (non-hydrogen) atoms. The van der Waals surface area contributed by atoms with Crippen LogP contribution >= 0.6 is 0 Å². The van der Waals surface area contributed by atoms with Gasteiger partial charge in [-0.05, 0) is 13.0 Å². The summed E-state index contributed by atoms with van der Waals surface area (Å²) in [4.78, 5) is 24.0. The van der Waals surface area contributed by atoms with Crippen molar-refractivity contribution in [1.82, 2.24) is 0 Å². The van der Waals surface area contributed by atoms with Crippen LogP contribution < -0.4 is 16.1 Å². The maximum atomic E-state index is 12.7. The minimum atomic E-state index is -2.21. The second-order valence-corrected chi connectivity index (χ2v) is 8.03. The molecule has 6 N–H and O–H groups in total. The number of carbonyl (C=O) groups is 1. The van der Waals surface area contributed by atoms with E-state index in [0.717, 1.165) is 6.92 Å². The molecule has 1 aliphatic heterocycles. The molecule has 2 aromatic rings. The molecule has 11 nitrogen and oxygen atoms in total. The van der Waals surface area contributed by atoms with Gasteiger partial charge in [0.15, 0.2) is 17.8 Å². The number of aliphatic carboxylic acids is 1. The first-order valence-corrected chi connectivity index (χ1v) is 9.98. The smallest absolute Gasteiger partial charge is 0.335 e. The van der Waals surface area contributed by atoms with Crippen molar-refractivity contribution in [1.29, 1.82) is 0 Å². The standard InChI is InChI=1S/C22H22O11/c1-22(30)13(32-21-17(26)15(24)16(25)18(33-21)20(28)29)8-12-14(19(22)27)10(23)7-11(31-12)9-5-3-2-4-6-9/h2-8,13,15-18,21,24-27,30H,1H3,(H,28,29). The van der Waals surface area contributed by atoms with Gasteiger partial charge in [0.1, 0.15) is 52.2 Å². The summed E-state index contributed by atoms with van der Waals surface area (Å²) in [7, 11) is 0. The first-order valence-electron chi connectivity index (χ1n) is 9.98. The van der Waals surface area contributed by atoms with E-state index in [9.17, 15) is 40.2 Å². The Morgan fingerprint density at radius 2 is 1.76 bits per heavy atom. The average molecular weight is 462 g/mol.